The monoisotopic (exact) mass is 334 g/mol. The average Bonchev–Trinajstić information content (AvgIpc) is 3.22. The molecule has 2 nitrogen and oxygen atoms in total. The summed E-state index contributed by atoms with van der Waals surface area (Å²) in [6, 6.07) is 17.7. The van der Waals surface area contributed by atoms with Gasteiger partial charge in [-0.25, -0.2) is 0 Å². The topological polar surface area (TPSA) is 17.0 Å². The van der Waals surface area contributed by atoms with Crippen LogP contribution in [0.4, 0.5) is 0 Å². The van der Waals surface area contributed by atoms with E-state index in [0.717, 1.165) is 11.6 Å². The fourth-order valence-electron chi connectivity index (χ4n) is 4.17. The Labute approximate surface area is 147 Å². The van der Waals surface area contributed by atoms with Crippen LogP contribution in [0, 0.1) is 0 Å². The molecule has 5 rings (SSSR count). The van der Waals surface area contributed by atoms with Crippen LogP contribution in [0.2, 0.25) is 5.02 Å². The lowest BCUT2D eigenvalue weighted by atomic mass is 9.99. The van der Waals surface area contributed by atoms with Crippen molar-refractivity contribution in [3.8, 4) is 5.69 Å². The molecule has 120 valence electrons. The van der Waals surface area contributed by atoms with Crippen LogP contribution in [-0.4, -0.2) is 4.57 Å². The van der Waals surface area contributed by atoms with Crippen molar-refractivity contribution in [2.75, 3.05) is 0 Å². The van der Waals surface area contributed by atoms with E-state index in [1.165, 1.54) is 52.9 Å². The maximum Gasteiger partial charge on any atom is 0.0737 e. The molecule has 1 aliphatic carbocycles. The Kier molecular flexibility index (Phi) is 3.29. The van der Waals surface area contributed by atoms with Gasteiger partial charge in [-0.3, -0.25) is 0 Å². The van der Waals surface area contributed by atoms with E-state index in [9.17, 15) is 0 Å². The molecule has 0 saturated heterocycles. The number of nitrogens with one attached hydrogen (secondary N) is 1. The lowest BCUT2D eigenvalue weighted by Gasteiger charge is -2.19. The first-order valence-electron chi connectivity index (χ1n) is 8.61. The lowest BCUT2D eigenvalue weighted by Crippen LogP contribution is -2.21. The van der Waals surface area contributed by atoms with Crippen molar-refractivity contribution in [1.82, 2.24) is 9.88 Å². The summed E-state index contributed by atoms with van der Waals surface area (Å²) >= 11 is 6.47. The number of fused-ring (bicyclic) bond motifs is 4. The molecule has 3 aromatic rings. The molecule has 0 fully saturated rings. The maximum atomic E-state index is 6.47. The molecular weight excluding hydrogens is 316 g/mol. The molecular formula is C21H19ClN2. The predicted molar refractivity (Wildman–Crippen MR) is 97.9 cm³/mol. The molecule has 0 amide bonds. The predicted octanol–water partition coefficient (Wildman–Crippen LogP) is 4.81. The van der Waals surface area contributed by atoms with Crippen molar-refractivity contribution in [2.24, 2.45) is 0 Å². The molecule has 1 aliphatic heterocycles. The Balaban J connectivity index is 1.64. The van der Waals surface area contributed by atoms with Gasteiger partial charge in [-0.1, -0.05) is 35.9 Å². The van der Waals surface area contributed by atoms with Crippen molar-refractivity contribution >= 4 is 11.6 Å². The van der Waals surface area contributed by atoms with Gasteiger partial charge in [0.25, 0.3) is 0 Å². The quantitative estimate of drug-likeness (QED) is 0.675. The summed E-state index contributed by atoms with van der Waals surface area (Å²) in [7, 11) is 0. The highest BCUT2D eigenvalue weighted by molar-refractivity contribution is 6.31. The van der Waals surface area contributed by atoms with Gasteiger partial charge < -0.3 is 9.88 Å². The van der Waals surface area contributed by atoms with Crippen LogP contribution in [-0.2, 0) is 19.4 Å². The SMILES string of the molecule is Clc1cccc2c1CNC(c1ccc3c(c1)CCC3)c1cccn1-2. The average molecular weight is 335 g/mol. The van der Waals surface area contributed by atoms with E-state index in [-0.39, 0.29) is 6.04 Å². The van der Waals surface area contributed by atoms with E-state index >= 15 is 0 Å². The molecule has 0 spiro atoms. The summed E-state index contributed by atoms with van der Waals surface area (Å²) in [4.78, 5) is 0. The molecule has 2 aromatic carbocycles. The number of hydrogen-bond donors (Lipinski definition) is 1. The number of benzene rings is 2. The third-order valence-corrected chi connectivity index (χ3v) is 5.72. The van der Waals surface area contributed by atoms with Crippen LogP contribution in [0.5, 0.6) is 0 Å². The van der Waals surface area contributed by atoms with Crippen molar-refractivity contribution in [2.45, 2.75) is 31.8 Å². The molecule has 1 atom stereocenters. The highest BCUT2D eigenvalue weighted by Gasteiger charge is 2.25. The third kappa shape index (κ3) is 2.14. The van der Waals surface area contributed by atoms with Crippen molar-refractivity contribution in [3.05, 3.63) is 87.7 Å². The van der Waals surface area contributed by atoms with Crippen LogP contribution in [0.25, 0.3) is 5.69 Å². The molecule has 2 aliphatic rings. The molecule has 0 bridgehead atoms. The van der Waals surface area contributed by atoms with Gasteiger partial charge in [-0.2, -0.15) is 0 Å². The largest absolute Gasteiger partial charge is 0.319 e. The Morgan fingerprint density at radius 3 is 2.88 bits per heavy atom. The standard InChI is InChI=1S/C21H19ClN2/c22-18-6-2-7-19-17(18)13-23-21(20-8-3-11-24(19)20)16-10-9-14-4-1-5-15(14)12-16/h2-3,6-12,21,23H,1,4-5,13H2. The van der Waals surface area contributed by atoms with Gasteiger partial charge in [-0.05, 0) is 60.2 Å². The molecule has 1 N–H and O–H groups in total. The first-order chi connectivity index (χ1) is 11.8. The summed E-state index contributed by atoms with van der Waals surface area (Å²) in [6.07, 6.45) is 5.86. The first kappa shape index (κ1) is 14.3. The van der Waals surface area contributed by atoms with Gasteiger partial charge in [0, 0.05) is 29.0 Å². The highest BCUT2D eigenvalue weighted by Crippen LogP contribution is 2.34. The van der Waals surface area contributed by atoms with Crippen LogP contribution in [0.1, 0.15) is 40.4 Å². The van der Waals surface area contributed by atoms with Gasteiger partial charge in [0.1, 0.15) is 0 Å². The molecule has 1 unspecified atom stereocenters. The van der Waals surface area contributed by atoms with Crippen LogP contribution >= 0.6 is 11.6 Å². The fourth-order valence-corrected chi connectivity index (χ4v) is 4.40. The van der Waals surface area contributed by atoms with E-state index in [1.807, 2.05) is 12.1 Å². The second kappa shape index (κ2) is 5.51. The molecule has 24 heavy (non-hydrogen) atoms. The zero-order valence-corrected chi connectivity index (χ0v) is 14.2. The Morgan fingerprint density at radius 1 is 1.00 bits per heavy atom. The Bertz CT molecular complexity index is 925. The van der Waals surface area contributed by atoms with E-state index in [2.05, 4.69) is 52.5 Å². The Hall–Kier alpha value is -2.03. The third-order valence-electron chi connectivity index (χ3n) is 5.37. The minimum absolute atomic E-state index is 0.189. The molecule has 0 saturated carbocycles. The van der Waals surface area contributed by atoms with Gasteiger partial charge in [-0.15, -0.1) is 0 Å². The Morgan fingerprint density at radius 2 is 1.92 bits per heavy atom. The maximum absolute atomic E-state index is 6.47. The molecule has 3 heteroatoms. The lowest BCUT2D eigenvalue weighted by molar-refractivity contribution is 0.600. The highest BCUT2D eigenvalue weighted by atomic mass is 35.5. The fraction of sp³-hybridized carbons (Fsp3) is 0.238. The van der Waals surface area contributed by atoms with E-state index in [1.54, 1.807) is 0 Å². The summed E-state index contributed by atoms with van der Waals surface area (Å²) in [5.74, 6) is 0. The number of halogens is 1. The molecule has 2 heterocycles. The van der Waals surface area contributed by atoms with Gasteiger partial charge >= 0.3 is 0 Å². The van der Waals surface area contributed by atoms with E-state index in [4.69, 9.17) is 11.6 Å². The second-order valence-corrected chi connectivity index (χ2v) is 7.14. The summed E-state index contributed by atoms with van der Waals surface area (Å²) in [5, 5.41) is 4.55. The smallest absolute Gasteiger partial charge is 0.0737 e. The van der Waals surface area contributed by atoms with Crippen molar-refractivity contribution in [3.63, 3.8) is 0 Å². The van der Waals surface area contributed by atoms with Gasteiger partial charge in [0.2, 0.25) is 0 Å². The van der Waals surface area contributed by atoms with E-state index in [0.29, 0.717) is 0 Å². The zero-order chi connectivity index (χ0) is 16.1. The summed E-state index contributed by atoms with van der Waals surface area (Å²) < 4.78 is 2.28. The zero-order valence-electron chi connectivity index (χ0n) is 13.4. The number of aryl methyl sites for hydroxylation is 2. The number of hydrogen-bond acceptors (Lipinski definition) is 1. The molecule has 1 aromatic heterocycles. The normalized spacial score (nSPS) is 18.6. The van der Waals surface area contributed by atoms with E-state index < -0.39 is 0 Å². The van der Waals surface area contributed by atoms with Crippen LogP contribution in [0.3, 0.4) is 0 Å². The van der Waals surface area contributed by atoms with Crippen LogP contribution < -0.4 is 5.32 Å². The van der Waals surface area contributed by atoms with Gasteiger partial charge in [0.15, 0.2) is 0 Å². The second-order valence-electron chi connectivity index (χ2n) is 6.74. The van der Waals surface area contributed by atoms with Crippen molar-refractivity contribution in [1.29, 1.82) is 0 Å². The summed E-state index contributed by atoms with van der Waals surface area (Å²) in [6.45, 7) is 0.776. The number of rotatable bonds is 1. The molecule has 0 radical (unpaired) electrons. The first-order valence-corrected chi connectivity index (χ1v) is 8.99. The van der Waals surface area contributed by atoms with Crippen LogP contribution in [0.15, 0.2) is 54.7 Å². The minimum atomic E-state index is 0.189. The number of aromatic nitrogens is 1. The minimum Gasteiger partial charge on any atom is -0.319 e. The van der Waals surface area contributed by atoms with Crippen molar-refractivity contribution < 1.29 is 0 Å². The summed E-state index contributed by atoms with van der Waals surface area (Å²) in [5.41, 5.74) is 8.01. The van der Waals surface area contributed by atoms with Gasteiger partial charge in [0.05, 0.1) is 11.7 Å². The number of nitrogens with zero attached hydrogens (tertiary/aromatic N) is 1.